The SMILES string of the molecule is Cc1cn2c(/C=C3\C(=O)Nc4ccc(Cl)cc43)c(-c3ccc(Cl)cc3)nc2s1. The van der Waals surface area contributed by atoms with Crippen molar-refractivity contribution in [3.63, 3.8) is 0 Å². The minimum absolute atomic E-state index is 0.152. The maximum Gasteiger partial charge on any atom is 0.256 e. The lowest BCUT2D eigenvalue weighted by atomic mass is 10.0. The maximum absolute atomic E-state index is 12.6. The molecule has 3 heterocycles. The third kappa shape index (κ3) is 2.83. The summed E-state index contributed by atoms with van der Waals surface area (Å²) in [6, 6.07) is 12.9. The Kier molecular flexibility index (Phi) is 4.05. The van der Waals surface area contributed by atoms with E-state index < -0.39 is 0 Å². The van der Waals surface area contributed by atoms with E-state index in [1.54, 1.807) is 23.5 Å². The fourth-order valence-electron chi connectivity index (χ4n) is 3.37. The van der Waals surface area contributed by atoms with E-state index >= 15 is 0 Å². The fraction of sp³-hybridized carbons (Fsp3) is 0.0476. The first kappa shape index (κ1) is 17.5. The number of anilines is 1. The van der Waals surface area contributed by atoms with Crippen molar-refractivity contribution < 1.29 is 4.79 Å². The number of fused-ring (bicyclic) bond motifs is 2. The van der Waals surface area contributed by atoms with E-state index in [9.17, 15) is 4.79 Å². The van der Waals surface area contributed by atoms with Gasteiger partial charge in [0.1, 0.15) is 0 Å². The predicted molar refractivity (Wildman–Crippen MR) is 116 cm³/mol. The number of benzene rings is 2. The lowest BCUT2D eigenvalue weighted by molar-refractivity contribution is -0.110. The minimum Gasteiger partial charge on any atom is -0.321 e. The highest BCUT2D eigenvalue weighted by Gasteiger charge is 2.26. The van der Waals surface area contributed by atoms with Crippen LogP contribution >= 0.6 is 34.5 Å². The second-order valence-electron chi connectivity index (χ2n) is 6.55. The van der Waals surface area contributed by atoms with Gasteiger partial charge in [0.25, 0.3) is 5.91 Å². The number of carbonyl (C=O) groups excluding carboxylic acids is 1. The molecule has 2 aromatic heterocycles. The van der Waals surface area contributed by atoms with E-state index in [1.165, 1.54) is 0 Å². The van der Waals surface area contributed by atoms with Crippen molar-refractivity contribution in [2.45, 2.75) is 6.92 Å². The van der Waals surface area contributed by atoms with Crippen LogP contribution in [0.2, 0.25) is 10.0 Å². The second-order valence-corrected chi connectivity index (χ2v) is 8.64. The van der Waals surface area contributed by atoms with Crippen molar-refractivity contribution in [3.05, 3.63) is 74.8 Å². The molecule has 4 nitrogen and oxygen atoms in total. The molecule has 1 amide bonds. The van der Waals surface area contributed by atoms with E-state index in [-0.39, 0.29) is 5.91 Å². The molecule has 2 aromatic carbocycles. The molecule has 0 saturated carbocycles. The normalized spacial score (nSPS) is 14.7. The number of halogens is 2. The quantitative estimate of drug-likeness (QED) is 0.390. The van der Waals surface area contributed by atoms with Gasteiger partial charge in [0.15, 0.2) is 4.96 Å². The summed E-state index contributed by atoms with van der Waals surface area (Å²) in [6.07, 6.45) is 3.91. The number of aryl methyl sites for hydroxylation is 1. The highest BCUT2D eigenvalue weighted by Crippen LogP contribution is 2.37. The molecule has 1 N–H and O–H groups in total. The third-order valence-corrected chi connectivity index (χ3v) is 6.03. The van der Waals surface area contributed by atoms with E-state index in [0.29, 0.717) is 15.6 Å². The highest BCUT2D eigenvalue weighted by atomic mass is 35.5. The van der Waals surface area contributed by atoms with Crippen molar-refractivity contribution in [3.8, 4) is 11.3 Å². The van der Waals surface area contributed by atoms with Crippen LogP contribution in [0, 0.1) is 6.92 Å². The van der Waals surface area contributed by atoms with Crippen LogP contribution in [0.1, 0.15) is 16.1 Å². The molecule has 28 heavy (non-hydrogen) atoms. The van der Waals surface area contributed by atoms with E-state index in [0.717, 1.165) is 38.0 Å². The molecule has 0 unspecified atom stereocenters. The molecule has 0 spiro atoms. The van der Waals surface area contributed by atoms with Crippen molar-refractivity contribution >= 4 is 62.7 Å². The van der Waals surface area contributed by atoms with Crippen molar-refractivity contribution in [2.24, 2.45) is 0 Å². The van der Waals surface area contributed by atoms with Gasteiger partial charge in [0.2, 0.25) is 0 Å². The molecular weight excluding hydrogens is 413 g/mol. The lowest BCUT2D eigenvalue weighted by Gasteiger charge is -2.03. The monoisotopic (exact) mass is 425 g/mol. The number of rotatable bonds is 2. The Hall–Kier alpha value is -2.60. The number of nitrogens with one attached hydrogen (secondary N) is 1. The van der Waals surface area contributed by atoms with Crippen molar-refractivity contribution in [1.29, 1.82) is 0 Å². The lowest BCUT2D eigenvalue weighted by Crippen LogP contribution is -2.04. The van der Waals surface area contributed by atoms with Crippen molar-refractivity contribution in [2.75, 3.05) is 5.32 Å². The number of amides is 1. The van der Waals surface area contributed by atoms with Gasteiger partial charge in [-0.2, -0.15) is 0 Å². The molecule has 0 saturated heterocycles. The van der Waals surface area contributed by atoms with Gasteiger partial charge in [-0.15, -0.1) is 11.3 Å². The summed E-state index contributed by atoms with van der Waals surface area (Å²) in [5, 5.41) is 4.15. The topological polar surface area (TPSA) is 46.4 Å². The first-order valence-corrected chi connectivity index (χ1v) is 10.1. The molecule has 1 aliphatic heterocycles. The molecule has 1 aliphatic rings. The summed E-state index contributed by atoms with van der Waals surface area (Å²) < 4.78 is 2.02. The Bertz CT molecular complexity index is 1290. The smallest absolute Gasteiger partial charge is 0.256 e. The van der Waals surface area contributed by atoms with Gasteiger partial charge < -0.3 is 5.32 Å². The summed E-state index contributed by atoms with van der Waals surface area (Å²) in [6.45, 7) is 2.04. The minimum atomic E-state index is -0.152. The predicted octanol–water partition coefficient (Wildman–Crippen LogP) is 6.17. The van der Waals surface area contributed by atoms with E-state index in [2.05, 4.69) is 5.32 Å². The van der Waals surface area contributed by atoms with Crippen LogP contribution in [0.15, 0.2) is 48.7 Å². The van der Waals surface area contributed by atoms with Crippen LogP contribution in [0.3, 0.4) is 0 Å². The molecule has 4 aromatic rings. The number of thiazole rings is 1. The number of hydrogen-bond donors (Lipinski definition) is 1. The first-order chi connectivity index (χ1) is 13.5. The Balaban J connectivity index is 1.76. The van der Waals surface area contributed by atoms with Gasteiger partial charge >= 0.3 is 0 Å². The molecule has 138 valence electrons. The molecule has 0 fully saturated rings. The van der Waals surface area contributed by atoms with Crippen LogP contribution in [-0.2, 0) is 4.79 Å². The number of imidazole rings is 1. The summed E-state index contributed by atoms with van der Waals surface area (Å²) in [4.78, 5) is 19.5. The Morgan fingerprint density at radius 3 is 2.64 bits per heavy atom. The zero-order chi connectivity index (χ0) is 19.4. The molecule has 0 aliphatic carbocycles. The van der Waals surface area contributed by atoms with Crippen LogP contribution in [-0.4, -0.2) is 15.3 Å². The summed E-state index contributed by atoms with van der Waals surface area (Å²) >= 11 is 13.8. The molecule has 5 rings (SSSR count). The van der Waals surface area contributed by atoms with Crippen LogP contribution < -0.4 is 5.32 Å². The number of carbonyl (C=O) groups is 1. The zero-order valence-electron chi connectivity index (χ0n) is 14.7. The number of nitrogens with zero attached hydrogens (tertiary/aromatic N) is 2. The van der Waals surface area contributed by atoms with Crippen LogP contribution in [0.25, 0.3) is 27.9 Å². The highest BCUT2D eigenvalue weighted by molar-refractivity contribution is 7.17. The van der Waals surface area contributed by atoms with Gasteiger partial charge in [-0.25, -0.2) is 4.98 Å². The molecule has 0 bridgehead atoms. The zero-order valence-corrected chi connectivity index (χ0v) is 17.0. The molecule has 0 radical (unpaired) electrons. The van der Waals surface area contributed by atoms with E-state index in [1.807, 2.05) is 53.9 Å². The average molecular weight is 426 g/mol. The third-order valence-electron chi connectivity index (χ3n) is 4.64. The van der Waals surface area contributed by atoms with Crippen LogP contribution in [0.5, 0.6) is 0 Å². The van der Waals surface area contributed by atoms with Gasteiger partial charge in [0, 0.05) is 37.9 Å². The first-order valence-electron chi connectivity index (χ1n) is 8.57. The molecule has 0 atom stereocenters. The standard InChI is InChI=1S/C21H13Cl2N3OS/c1-11-10-26-18(9-16-15-8-14(23)6-7-17(15)24-20(16)27)19(25-21(26)28-11)12-2-4-13(22)5-3-12/h2-10H,1H3,(H,24,27)/b16-9-. The van der Waals surface area contributed by atoms with Gasteiger partial charge in [0.05, 0.1) is 17.0 Å². The Labute approximate surface area is 175 Å². The van der Waals surface area contributed by atoms with Gasteiger partial charge in [-0.05, 0) is 43.3 Å². The molecular formula is C21H13Cl2N3OS. The maximum atomic E-state index is 12.6. The summed E-state index contributed by atoms with van der Waals surface area (Å²) in [5.41, 5.74) is 4.71. The number of aromatic nitrogens is 2. The van der Waals surface area contributed by atoms with Gasteiger partial charge in [-0.1, -0.05) is 35.3 Å². The Morgan fingerprint density at radius 1 is 1.11 bits per heavy atom. The fourth-order valence-corrected chi connectivity index (χ4v) is 4.50. The van der Waals surface area contributed by atoms with Crippen LogP contribution in [0.4, 0.5) is 5.69 Å². The largest absolute Gasteiger partial charge is 0.321 e. The Morgan fingerprint density at radius 2 is 1.86 bits per heavy atom. The van der Waals surface area contributed by atoms with Gasteiger partial charge in [-0.3, -0.25) is 9.20 Å². The summed E-state index contributed by atoms with van der Waals surface area (Å²) in [7, 11) is 0. The molecule has 7 heteroatoms. The average Bonchev–Trinajstić information content (AvgIpc) is 3.28. The van der Waals surface area contributed by atoms with E-state index in [4.69, 9.17) is 28.2 Å². The number of hydrogen-bond acceptors (Lipinski definition) is 3. The van der Waals surface area contributed by atoms with Crippen molar-refractivity contribution in [1.82, 2.24) is 9.38 Å². The second kappa shape index (κ2) is 6.48. The summed E-state index contributed by atoms with van der Waals surface area (Å²) in [5.74, 6) is -0.152.